The van der Waals surface area contributed by atoms with Gasteiger partial charge in [-0.3, -0.25) is 9.36 Å². The van der Waals surface area contributed by atoms with Gasteiger partial charge in [-0.25, -0.2) is 4.98 Å². The molecule has 0 fully saturated rings. The fourth-order valence-corrected chi connectivity index (χ4v) is 4.81. The number of hydrogen-bond acceptors (Lipinski definition) is 5. The third-order valence-corrected chi connectivity index (χ3v) is 6.49. The summed E-state index contributed by atoms with van der Waals surface area (Å²) in [6, 6.07) is 13.6. The van der Waals surface area contributed by atoms with Crippen molar-refractivity contribution in [1.82, 2.24) is 9.55 Å². The van der Waals surface area contributed by atoms with E-state index in [1.807, 2.05) is 45.0 Å². The summed E-state index contributed by atoms with van der Waals surface area (Å²) in [5, 5.41) is 4.03. The number of nitrogens with zero attached hydrogens (tertiary/aromatic N) is 2. The molecule has 0 saturated heterocycles. The van der Waals surface area contributed by atoms with E-state index in [0.717, 1.165) is 6.42 Å². The van der Waals surface area contributed by atoms with Gasteiger partial charge in [0, 0.05) is 25.1 Å². The highest BCUT2D eigenvalue weighted by Gasteiger charge is 2.34. The quantitative estimate of drug-likeness (QED) is 0.489. The molecule has 0 radical (unpaired) electrons. The average molecular weight is 468 g/mol. The van der Waals surface area contributed by atoms with Gasteiger partial charge < -0.3 is 14.8 Å². The van der Waals surface area contributed by atoms with Crippen LogP contribution in [0.25, 0.3) is 11.4 Å². The molecule has 1 heterocycles. The van der Waals surface area contributed by atoms with E-state index >= 15 is 0 Å². The van der Waals surface area contributed by atoms with Crippen LogP contribution in [0.5, 0.6) is 5.75 Å². The van der Waals surface area contributed by atoms with E-state index in [-0.39, 0.29) is 17.7 Å². The molecule has 3 aromatic rings. The number of aromatic nitrogens is 2. The van der Waals surface area contributed by atoms with Gasteiger partial charge in [-0.15, -0.1) is 0 Å². The smallest absolute Gasteiger partial charge is 0.277 e. The molecule has 0 saturated carbocycles. The summed E-state index contributed by atoms with van der Waals surface area (Å²) in [6.45, 7) is 7.03. The first kappa shape index (κ1) is 23.3. The number of methoxy groups -OCH3 is 1. The molecular weight excluding hydrogens is 438 g/mol. The van der Waals surface area contributed by atoms with Crippen molar-refractivity contribution in [3.8, 4) is 17.1 Å². The number of aryl methyl sites for hydroxylation is 1. The number of hydrogen-bond donors (Lipinski definition) is 1. The molecule has 7 heteroatoms. The molecule has 6 nitrogen and oxygen atoms in total. The summed E-state index contributed by atoms with van der Waals surface area (Å²) < 4.78 is 13.0. The fraction of sp³-hybridized carbons (Fsp3) is 0.385. The highest BCUT2D eigenvalue weighted by atomic mass is 35.5. The standard InChI is InChI=1S/C26H30ClN3O3/c1-5-21-24(29-23-18-11-9-8-10-16(18)14-22(23)33-7-3)26(31)30(6-2)25(28-21)19-13-12-17(32-4)15-20(19)27/h8-13,15,22-23,29H,5-7,14H2,1-4H3. The van der Waals surface area contributed by atoms with Crippen molar-refractivity contribution >= 4 is 17.3 Å². The third-order valence-electron chi connectivity index (χ3n) is 6.18. The Labute approximate surface area is 199 Å². The predicted octanol–water partition coefficient (Wildman–Crippen LogP) is 5.27. The SMILES string of the molecule is CCOC1Cc2ccccc2C1Nc1c(CC)nc(-c2ccc(OC)cc2Cl)n(CC)c1=O. The van der Waals surface area contributed by atoms with Crippen LogP contribution in [0.1, 0.15) is 43.6 Å². The molecule has 174 valence electrons. The number of fused-ring (bicyclic) bond motifs is 1. The first-order valence-corrected chi connectivity index (χ1v) is 11.8. The van der Waals surface area contributed by atoms with Crippen LogP contribution in [-0.4, -0.2) is 29.4 Å². The zero-order chi connectivity index (χ0) is 23.5. The van der Waals surface area contributed by atoms with Crippen LogP contribution in [0.3, 0.4) is 0 Å². The number of halogens is 1. The van der Waals surface area contributed by atoms with Crippen LogP contribution in [0.4, 0.5) is 5.69 Å². The summed E-state index contributed by atoms with van der Waals surface area (Å²) in [6.07, 6.45) is 1.39. The first-order valence-electron chi connectivity index (χ1n) is 11.5. The van der Waals surface area contributed by atoms with Crippen LogP contribution in [0.2, 0.25) is 5.02 Å². The maximum atomic E-state index is 13.7. The molecule has 1 aromatic heterocycles. The average Bonchev–Trinajstić information content (AvgIpc) is 3.17. The highest BCUT2D eigenvalue weighted by molar-refractivity contribution is 6.33. The Hall–Kier alpha value is -2.83. The van der Waals surface area contributed by atoms with E-state index < -0.39 is 0 Å². The molecule has 0 amide bonds. The highest BCUT2D eigenvalue weighted by Crippen LogP contribution is 2.36. The molecular formula is C26H30ClN3O3. The summed E-state index contributed by atoms with van der Waals surface area (Å²) in [7, 11) is 1.60. The molecule has 0 aliphatic heterocycles. The zero-order valence-electron chi connectivity index (χ0n) is 19.5. The lowest BCUT2D eigenvalue weighted by atomic mass is 10.1. The van der Waals surface area contributed by atoms with Gasteiger partial charge in [0.25, 0.3) is 5.56 Å². The monoisotopic (exact) mass is 467 g/mol. The predicted molar refractivity (Wildman–Crippen MR) is 132 cm³/mol. The maximum Gasteiger partial charge on any atom is 0.277 e. The van der Waals surface area contributed by atoms with E-state index in [4.69, 9.17) is 26.1 Å². The van der Waals surface area contributed by atoms with Gasteiger partial charge in [-0.05, 0) is 49.6 Å². The summed E-state index contributed by atoms with van der Waals surface area (Å²) >= 11 is 6.54. The van der Waals surface area contributed by atoms with Gasteiger partial charge >= 0.3 is 0 Å². The van der Waals surface area contributed by atoms with E-state index in [9.17, 15) is 4.79 Å². The Morgan fingerprint density at radius 2 is 1.97 bits per heavy atom. The van der Waals surface area contributed by atoms with Crippen LogP contribution in [0, 0.1) is 0 Å². The Balaban J connectivity index is 1.81. The van der Waals surface area contributed by atoms with Gasteiger partial charge in [0.1, 0.15) is 17.3 Å². The molecule has 2 atom stereocenters. The lowest BCUT2D eigenvalue weighted by molar-refractivity contribution is 0.0574. The van der Waals surface area contributed by atoms with Crippen molar-refractivity contribution in [1.29, 1.82) is 0 Å². The van der Waals surface area contributed by atoms with Gasteiger partial charge in [0.05, 0.1) is 30.0 Å². The molecule has 1 N–H and O–H groups in total. The number of benzene rings is 2. The van der Waals surface area contributed by atoms with Crippen LogP contribution in [0.15, 0.2) is 47.3 Å². The molecule has 1 aliphatic carbocycles. The number of nitrogens with one attached hydrogen (secondary N) is 1. The lowest BCUT2D eigenvalue weighted by Crippen LogP contribution is -2.32. The van der Waals surface area contributed by atoms with Gasteiger partial charge in [0.2, 0.25) is 0 Å². The minimum absolute atomic E-state index is 0.0395. The Bertz CT molecular complexity index is 1210. The Kier molecular flexibility index (Phi) is 7.05. The zero-order valence-corrected chi connectivity index (χ0v) is 20.3. The minimum atomic E-state index is -0.110. The maximum absolute atomic E-state index is 13.7. The van der Waals surface area contributed by atoms with Crippen molar-refractivity contribution < 1.29 is 9.47 Å². The van der Waals surface area contributed by atoms with Crippen molar-refractivity contribution in [3.05, 3.63) is 74.7 Å². The van der Waals surface area contributed by atoms with E-state index in [2.05, 4.69) is 17.4 Å². The molecule has 2 aromatic carbocycles. The first-order chi connectivity index (χ1) is 16.0. The molecule has 4 rings (SSSR count). The molecule has 0 bridgehead atoms. The Morgan fingerprint density at radius 3 is 2.64 bits per heavy atom. The van der Waals surface area contributed by atoms with Gasteiger partial charge in [-0.1, -0.05) is 42.8 Å². The minimum Gasteiger partial charge on any atom is -0.497 e. The second kappa shape index (κ2) is 9.98. The topological polar surface area (TPSA) is 65.4 Å². The molecule has 33 heavy (non-hydrogen) atoms. The van der Waals surface area contributed by atoms with E-state index in [0.29, 0.717) is 53.1 Å². The van der Waals surface area contributed by atoms with Gasteiger partial charge in [0.15, 0.2) is 0 Å². The van der Waals surface area contributed by atoms with E-state index in [1.165, 1.54) is 11.1 Å². The summed E-state index contributed by atoms with van der Waals surface area (Å²) in [5.41, 5.74) is 4.26. The molecule has 1 aliphatic rings. The number of rotatable bonds is 8. The van der Waals surface area contributed by atoms with Gasteiger partial charge in [-0.2, -0.15) is 0 Å². The van der Waals surface area contributed by atoms with E-state index in [1.54, 1.807) is 17.7 Å². The molecule has 2 unspecified atom stereocenters. The van der Waals surface area contributed by atoms with Crippen LogP contribution in [-0.2, 0) is 24.1 Å². The molecule has 0 spiro atoms. The second-order valence-corrected chi connectivity index (χ2v) is 8.43. The lowest BCUT2D eigenvalue weighted by Gasteiger charge is -2.25. The van der Waals surface area contributed by atoms with Crippen molar-refractivity contribution in [2.75, 3.05) is 19.0 Å². The summed E-state index contributed by atoms with van der Waals surface area (Å²) in [5.74, 6) is 1.22. The van der Waals surface area contributed by atoms with Crippen LogP contribution < -0.4 is 15.6 Å². The van der Waals surface area contributed by atoms with Crippen LogP contribution >= 0.6 is 11.6 Å². The third kappa shape index (κ3) is 4.37. The fourth-order valence-electron chi connectivity index (χ4n) is 4.56. The number of anilines is 1. The number of ether oxygens (including phenoxy) is 2. The van der Waals surface area contributed by atoms with Crippen molar-refractivity contribution in [2.45, 2.75) is 52.3 Å². The largest absolute Gasteiger partial charge is 0.497 e. The van der Waals surface area contributed by atoms with Crippen molar-refractivity contribution in [2.24, 2.45) is 0 Å². The normalized spacial score (nSPS) is 17.1. The summed E-state index contributed by atoms with van der Waals surface area (Å²) in [4.78, 5) is 18.6. The van der Waals surface area contributed by atoms with Crippen molar-refractivity contribution in [3.63, 3.8) is 0 Å². The Morgan fingerprint density at radius 1 is 1.18 bits per heavy atom. The second-order valence-electron chi connectivity index (χ2n) is 8.02.